The molecule has 4 aromatic rings. The van der Waals surface area contributed by atoms with E-state index in [0.29, 0.717) is 16.7 Å². The standard InChI is InChI=1S/C20H16N4O3S/c1-14-18(10-11-27-14)19-21-22-20(23(19)16-7-3-2-4-8-16)28-13-15-6-5-9-17(12-15)24(25)26/h2-12H,13H2,1H3. The lowest BCUT2D eigenvalue weighted by atomic mass is 10.2. The van der Waals surface area contributed by atoms with Gasteiger partial charge in [-0.15, -0.1) is 10.2 Å². The summed E-state index contributed by atoms with van der Waals surface area (Å²) in [6, 6.07) is 18.3. The van der Waals surface area contributed by atoms with Gasteiger partial charge >= 0.3 is 0 Å². The molecule has 28 heavy (non-hydrogen) atoms. The first kappa shape index (κ1) is 18.0. The van der Waals surface area contributed by atoms with Crippen LogP contribution in [0.25, 0.3) is 17.1 Å². The van der Waals surface area contributed by atoms with E-state index in [1.165, 1.54) is 17.8 Å². The third-order valence-corrected chi connectivity index (χ3v) is 5.24. The second kappa shape index (κ2) is 7.69. The highest BCUT2D eigenvalue weighted by Crippen LogP contribution is 2.31. The lowest BCUT2D eigenvalue weighted by molar-refractivity contribution is -0.384. The minimum atomic E-state index is -0.388. The number of para-hydroxylation sites is 1. The summed E-state index contributed by atoms with van der Waals surface area (Å²) in [5, 5.41) is 20.4. The summed E-state index contributed by atoms with van der Waals surface area (Å²) < 4.78 is 7.40. The zero-order chi connectivity index (χ0) is 19.5. The summed E-state index contributed by atoms with van der Waals surface area (Å²) >= 11 is 1.48. The van der Waals surface area contributed by atoms with E-state index < -0.39 is 0 Å². The highest BCUT2D eigenvalue weighted by Gasteiger charge is 2.19. The van der Waals surface area contributed by atoms with Gasteiger partial charge in [0.25, 0.3) is 5.69 Å². The van der Waals surface area contributed by atoms with E-state index in [4.69, 9.17) is 4.42 Å². The van der Waals surface area contributed by atoms with Crippen LogP contribution in [0.4, 0.5) is 5.69 Å². The molecule has 0 radical (unpaired) electrons. The summed E-state index contributed by atoms with van der Waals surface area (Å²) in [5.41, 5.74) is 2.74. The summed E-state index contributed by atoms with van der Waals surface area (Å²) in [4.78, 5) is 10.6. The van der Waals surface area contributed by atoms with Crippen LogP contribution < -0.4 is 0 Å². The van der Waals surface area contributed by atoms with E-state index in [1.807, 2.05) is 54.0 Å². The van der Waals surface area contributed by atoms with Crippen LogP contribution in [-0.4, -0.2) is 19.7 Å². The van der Waals surface area contributed by atoms with Crippen LogP contribution in [0.3, 0.4) is 0 Å². The smallest absolute Gasteiger partial charge is 0.269 e. The molecule has 2 aromatic carbocycles. The summed E-state index contributed by atoms with van der Waals surface area (Å²) in [7, 11) is 0. The number of nitro groups is 1. The van der Waals surface area contributed by atoms with Crippen molar-refractivity contribution < 1.29 is 9.34 Å². The van der Waals surface area contributed by atoms with E-state index >= 15 is 0 Å². The van der Waals surface area contributed by atoms with E-state index in [9.17, 15) is 10.1 Å². The zero-order valence-electron chi connectivity index (χ0n) is 15.0. The molecular formula is C20H16N4O3S. The average Bonchev–Trinajstić information content (AvgIpc) is 3.33. The summed E-state index contributed by atoms with van der Waals surface area (Å²) in [6.45, 7) is 1.88. The molecule has 0 fully saturated rings. The Morgan fingerprint density at radius 2 is 1.93 bits per heavy atom. The number of hydrogen-bond donors (Lipinski definition) is 0. The lowest BCUT2D eigenvalue weighted by Gasteiger charge is -2.10. The van der Waals surface area contributed by atoms with E-state index in [2.05, 4.69) is 10.2 Å². The molecule has 4 rings (SSSR count). The fourth-order valence-electron chi connectivity index (χ4n) is 2.87. The van der Waals surface area contributed by atoms with Gasteiger partial charge in [-0.3, -0.25) is 14.7 Å². The molecule has 7 nitrogen and oxygen atoms in total. The van der Waals surface area contributed by atoms with E-state index in [1.54, 1.807) is 18.4 Å². The minimum absolute atomic E-state index is 0.0809. The molecule has 140 valence electrons. The monoisotopic (exact) mass is 392 g/mol. The van der Waals surface area contributed by atoms with Crippen molar-refractivity contribution in [3.05, 3.63) is 88.4 Å². The summed E-state index contributed by atoms with van der Waals surface area (Å²) in [5.74, 6) is 2.00. The van der Waals surface area contributed by atoms with Crippen LogP contribution in [0.2, 0.25) is 0 Å². The number of aromatic nitrogens is 3. The van der Waals surface area contributed by atoms with E-state index in [0.717, 1.165) is 22.6 Å². The molecule has 0 saturated heterocycles. The number of nitrogens with zero attached hydrogens (tertiary/aromatic N) is 4. The summed E-state index contributed by atoms with van der Waals surface area (Å²) in [6.07, 6.45) is 1.63. The van der Waals surface area contributed by atoms with Gasteiger partial charge in [0.15, 0.2) is 11.0 Å². The second-order valence-electron chi connectivity index (χ2n) is 6.08. The van der Waals surface area contributed by atoms with Gasteiger partial charge in [-0.05, 0) is 30.7 Å². The molecule has 0 amide bonds. The molecular weight excluding hydrogens is 376 g/mol. The Hall–Kier alpha value is -3.39. The molecule has 0 spiro atoms. The Morgan fingerprint density at radius 1 is 1.11 bits per heavy atom. The maximum Gasteiger partial charge on any atom is 0.269 e. The first-order valence-corrected chi connectivity index (χ1v) is 9.53. The van der Waals surface area contributed by atoms with Crippen molar-refractivity contribution in [3.63, 3.8) is 0 Å². The third kappa shape index (κ3) is 3.54. The maximum atomic E-state index is 11.0. The molecule has 0 aliphatic rings. The SMILES string of the molecule is Cc1occc1-c1nnc(SCc2cccc([N+](=O)[O-])c2)n1-c1ccccc1. The van der Waals surface area contributed by atoms with Gasteiger partial charge in [0.1, 0.15) is 5.76 Å². The quantitative estimate of drug-likeness (QED) is 0.260. The first-order valence-electron chi connectivity index (χ1n) is 8.55. The zero-order valence-corrected chi connectivity index (χ0v) is 15.8. The van der Waals surface area contributed by atoms with Crippen molar-refractivity contribution in [2.45, 2.75) is 17.8 Å². The molecule has 0 bridgehead atoms. The normalized spacial score (nSPS) is 10.9. The number of non-ortho nitro benzene ring substituents is 1. The van der Waals surface area contributed by atoms with Crippen LogP contribution in [0, 0.1) is 17.0 Å². The van der Waals surface area contributed by atoms with E-state index in [-0.39, 0.29) is 10.6 Å². The Bertz CT molecular complexity index is 1120. The number of nitro benzene ring substituents is 1. The maximum absolute atomic E-state index is 11.0. The highest BCUT2D eigenvalue weighted by molar-refractivity contribution is 7.98. The Kier molecular flexibility index (Phi) is 4.94. The largest absolute Gasteiger partial charge is 0.469 e. The third-order valence-electron chi connectivity index (χ3n) is 4.24. The Labute approximate surface area is 165 Å². The fraction of sp³-hybridized carbons (Fsp3) is 0.100. The minimum Gasteiger partial charge on any atom is -0.469 e. The Morgan fingerprint density at radius 3 is 2.64 bits per heavy atom. The number of rotatable bonds is 6. The molecule has 0 saturated carbocycles. The van der Waals surface area contributed by atoms with Crippen LogP contribution >= 0.6 is 11.8 Å². The molecule has 2 heterocycles. The van der Waals surface area contributed by atoms with Gasteiger partial charge in [0.2, 0.25) is 0 Å². The molecule has 8 heteroatoms. The fourth-order valence-corrected chi connectivity index (χ4v) is 3.77. The van der Waals surface area contributed by atoms with Crippen LogP contribution in [0.5, 0.6) is 0 Å². The van der Waals surface area contributed by atoms with Crippen molar-refractivity contribution in [1.82, 2.24) is 14.8 Å². The number of benzene rings is 2. The predicted molar refractivity (Wildman–Crippen MR) is 106 cm³/mol. The average molecular weight is 392 g/mol. The first-order chi connectivity index (χ1) is 13.6. The molecule has 0 aliphatic heterocycles. The van der Waals surface area contributed by atoms with Gasteiger partial charge in [-0.25, -0.2) is 0 Å². The van der Waals surface area contributed by atoms with Gasteiger partial charge in [0.05, 0.1) is 16.7 Å². The number of aryl methyl sites for hydroxylation is 1. The topological polar surface area (TPSA) is 87.0 Å². The van der Waals surface area contributed by atoms with Crippen LogP contribution in [0.1, 0.15) is 11.3 Å². The number of thioether (sulfide) groups is 1. The van der Waals surface area contributed by atoms with Gasteiger partial charge in [-0.2, -0.15) is 0 Å². The lowest BCUT2D eigenvalue weighted by Crippen LogP contribution is -1.99. The van der Waals surface area contributed by atoms with Crippen molar-refractivity contribution in [3.8, 4) is 17.1 Å². The molecule has 0 aliphatic carbocycles. The van der Waals surface area contributed by atoms with Crippen molar-refractivity contribution in [1.29, 1.82) is 0 Å². The molecule has 2 aromatic heterocycles. The molecule has 0 atom stereocenters. The second-order valence-corrected chi connectivity index (χ2v) is 7.03. The number of hydrogen-bond acceptors (Lipinski definition) is 6. The van der Waals surface area contributed by atoms with Crippen LogP contribution in [-0.2, 0) is 5.75 Å². The van der Waals surface area contributed by atoms with Crippen molar-refractivity contribution in [2.75, 3.05) is 0 Å². The van der Waals surface area contributed by atoms with Gasteiger partial charge < -0.3 is 4.42 Å². The van der Waals surface area contributed by atoms with Gasteiger partial charge in [0, 0.05) is 23.6 Å². The molecule has 0 unspecified atom stereocenters. The van der Waals surface area contributed by atoms with Gasteiger partial charge in [-0.1, -0.05) is 42.1 Å². The number of furan rings is 1. The highest BCUT2D eigenvalue weighted by atomic mass is 32.2. The van der Waals surface area contributed by atoms with Crippen molar-refractivity contribution in [2.24, 2.45) is 0 Å². The molecule has 0 N–H and O–H groups in total. The van der Waals surface area contributed by atoms with Crippen LogP contribution in [0.15, 0.2) is 76.5 Å². The Balaban J connectivity index is 1.70. The predicted octanol–water partition coefficient (Wildman–Crippen LogP) is 5.04. The van der Waals surface area contributed by atoms with Crippen molar-refractivity contribution >= 4 is 17.4 Å².